The first kappa shape index (κ1) is 18.5. The van der Waals surface area contributed by atoms with Gasteiger partial charge in [-0.1, -0.05) is 12.1 Å². The summed E-state index contributed by atoms with van der Waals surface area (Å²) in [5.74, 6) is -0.354. The fraction of sp³-hybridized carbons (Fsp3) is 0.263. The van der Waals surface area contributed by atoms with Gasteiger partial charge in [0.1, 0.15) is 5.75 Å². The van der Waals surface area contributed by atoms with Crippen LogP contribution in [0.5, 0.6) is 5.75 Å². The summed E-state index contributed by atoms with van der Waals surface area (Å²) in [7, 11) is 0. The van der Waals surface area contributed by atoms with Crippen LogP contribution in [0.3, 0.4) is 0 Å². The Bertz CT molecular complexity index is 759. The Balaban J connectivity index is 2.04. The first-order valence-corrected chi connectivity index (χ1v) is 8.14. The largest absolute Gasteiger partial charge is 0.508 e. The summed E-state index contributed by atoms with van der Waals surface area (Å²) < 4.78 is 0. The number of hydrazone groups is 1. The Hall–Kier alpha value is -2.86. The maximum Gasteiger partial charge on any atom is 0.271 e. The van der Waals surface area contributed by atoms with Crippen LogP contribution in [-0.4, -0.2) is 42.0 Å². The SMILES string of the molecule is CCN(CCO)c1ccc(/C=N\NC(=O)c2cccc(O)c2)c(C)c1. The van der Waals surface area contributed by atoms with Crippen LogP contribution in [0.2, 0.25) is 0 Å². The topological polar surface area (TPSA) is 85.2 Å². The van der Waals surface area contributed by atoms with Gasteiger partial charge in [-0.3, -0.25) is 4.79 Å². The second-order valence-corrected chi connectivity index (χ2v) is 5.59. The van der Waals surface area contributed by atoms with Crippen molar-refractivity contribution >= 4 is 17.8 Å². The smallest absolute Gasteiger partial charge is 0.271 e. The van der Waals surface area contributed by atoms with Crippen molar-refractivity contribution in [2.45, 2.75) is 13.8 Å². The van der Waals surface area contributed by atoms with Gasteiger partial charge in [-0.25, -0.2) is 5.43 Å². The van der Waals surface area contributed by atoms with Crippen molar-refractivity contribution < 1.29 is 15.0 Å². The molecule has 0 atom stereocenters. The molecule has 25 heavy (non-hydrogen) atoms. The van der Waals surface area contributed by atoms with Gasteiger partial charge in [0.25, 0.3) is 5.91 Å². The number of benzene rings is 2. The number of nitrogens with zero attached hydrogens (tertiary/aromatic N) is 2. The zero-order chi connectivity index (χ0) is 18.2. The normalized spacial score (nSPS) is 10.8. The number of aliphatic hydroxyl groups excluding tert-OH is 1. The van der Waals surface area contributed by atoms with Gasteiger partial charge in [0.05, 0.1) is 12.8 Å². The summed E-state index contributed by atoms with van der Waals surface area (Å²) in [6.45, 7) is 5.51. The lowest BCUT2D eigenvalue weighted by Gasteiger charge is -2.22. The first-order chi connectivity index (χ1) is 12.0. The fourth-order valence-corrected chi connectivity index (χ4v) is 2.46. The number of aryl methyl sites for hydroxylation is 1. The molecule has 0 aliphatic rings. The Morgan fingerprint density at radius 2 is 2.08 bits per heavy atom. The lowest BCUT2D eigenvalue weighted by Crippen LogP contribution is -2.26. The molecule has 0 spiro atoms. The maximum absolute atomic E-state index is 12.0. The Labute approximate surface area is 147 Å². The molecular weight excluding hydrogens is 318 g/mol. The molecule has 0 aliphatic carbocycles. The highest BCUT2D eigenvalue weighted by Gasteiger charge is 2.06. The van der Waals surface area contributed by atoms with Crippen molar-refractivity contribution in [2.75, 3.05) is 24.6 Å². The van der Waals surface area contributed by atoms with Crippen LogP contribution in [0.1, 0.15) is 28.4 Å². The molecule has 2 aromatic rings. The Morgan fingerprint density at radius 1 is 1.28 bits per heavy atom. The summed E-state index contributed by atoms with van der Waals surface area (Å²) in [4.78, 5) is 14.0. The van der Waals surface area contributed by atoms with E-state index in [1.54, 1.807) is 18.3 Å². The van der Waals surface area contributed by atoms with Crippen molar-refractivity contribution in [2.24, 2.45) is 5.10 Å². The van der Waals surface area contributed by atoms with Crippen molar-refractivity contribution in [1.29, 1.82) is 0 Å². The molecule has 6 nitrogen and oxygen atoms in total. The van der Waals surface area contributed by atoms with E-state index in [0.29, 0.717) is 12.1 Å². The molecule has 0 saturated heterocycles. The molecule has 0 unspecified atom stereocenters. The first-order valence-electron chi connectivity index (χ1n) is 8.14. The number of nitrogens with one attached hydrogen (secondary N) is 1. The number of aromatic hydroxyl groups is 1. The minimum Gasteiger partial charge on any atom is -0.508 e. The molecule has 1 amide bonds. The van der Waals surface area contributed by atoms with Gasteiger partial charge in [0, 0.05) is 24.3 Å². The number of carbonyl (C=O) groups is 1. The highest BCUT2D eigenvalue weighted by molar-refractivity contribution is 5.95. The third-order valence-corrected chi connectivity index (χ3v) is 3.85. The monoisotopic (exact) mass is 341 g/mol. The van der Waals surface area contributed by atoms with E-state index >= 15 is 0 Å². The predicted molar refractivity (Wildman–Crippen MR) is 99.3 cm³/mol. The molecule has 2 rings (SSSR count). The number of rotatable bonds is 7. The summed E-state index contributed by atoms with van der Waals surface area (Å²) in [6.07, 6.45) is 1.59. The molecule has 6 heteroatoms. The van der Waals surface area contributed by atoms with E-state index < -0.39 is 0 Å². The van der Waals surface area contributed by atoms with Gasteiger partial charge in [-0.15, -0.1) is 0 Å². The predicted octanol–water partition coefficient (Wildman–Crippen LogP) is 2.28. The van der Waals surface area contributed by atoms with Gasteiger partial charge in [-0.2, -0.15) is 5.10 Å². The number of carbonyl (C=O) groups excluding carboxylic acids is 1. The van der Waals surface area contributed by atoms with E-state index in [1.165, 1.54) is 12.1 Å². The Kier molecular flexibility index (Phi) is 6.54. The van der Waals surface area contributed by atoms with Crippen molar-refractivity contribution in [3.63, 3.8) is 0 Å². The van der Waals surface area contributed by atoms with Crippen LogP contribution in [0.25, 0.3) is 0 Å². The minimum absolute atomic E-state index is 0.0337. The van der Waals surface area contributed by atoms with Gasteiger partial charge >= 0.3 is 0 Å². The fourth-order valence-electron chi connectivity index (χ4n) is 2.46. The van der Waals surface area contributed by atoms with E-state index in [0.717, 1.165) is 23.4 Å². The van der Waals surface area contributed by atoms with Crippen LogP contribution in [0.15, 0.2) is 47.6 Å². The highest BCUT2D eigenvalue weighted by atomic mass is 16.3. The summed E-state index contributed by atoms with van der Waals surface area (Å²) >= 11 is 0. The van der Waals surface area contributed by atoms with Crippen molar-refractivity contribution in [3.8, 4) is 5.75 Å². The van der Waals surface area contributed by atoms with Gasteiger partial charge in [-0.05, 0) is 55.3 Å². The van der Waals surface area contributed by atoms with Crippen LogP contribution in [0, 0.1) is 6.92 Å². The molecule has 0 radical (unpaired) electrons. The molecule has 3 N–H and O–H groups in total. The van der Waals surface area contributed by atoms with E-state index in [-0.39, 0.29) is 18.3 Å². The number of phenolic OH excluding ortho intramolecular Hbond substituents is 1. The van der Waals surface area contributed by atoms with Crippen LogP contribution < -0.4 is 10.3 Å². The summed E-state index contributed by atoms with van der Waals surface area (Å²) in [5.41, 5.74) is 5.73. The molecule has 0 fully saturated rings. The van der Waals surface area contributed by atoms with E-state index in [2.05, 4.69) is 15.4 Å². The summed E-state index contributed by atoms with van der Waals surface area (Å²) in [6, 6.07) is 12.0. The summed E-state index contributed by atoms with van der Waals surface area (Å²) in [5, 5.41) is 22.5. The third-order valence-electron chi connectivity index (χ3n) is 3.85. The minimum atomic E-state index is -0.387. The number of hydrogen-bond donors (Lipinski definition) is 3. The number of amides is 1. The number of likely N-dealkylation sites (N-methyl/N-ethyl adjacent to an activating group) is 1. The van der Waals surface area contributed by atoms with E-state index in [4.69, 9.17) is 5.11 Å². The van der Waals surface area contributed by atoms with Crippen molar-refractivity contribution in [3.05, 3.63) is 59.2 Å². The quantitative estimate of drug-likeness (QED) is 0.533. The highest BCUT2D eigenvalue weighted by Crippen LogP contribution is 2.18. The molecule has 2 aromatic carbocycles. The second kappa shape index (κ2) is 8.84. The van der Waals surface area contributed by atoms with Gasteiger partial charge in [0.2, 0.25) is 0 Å². The molecule has 0 heterocycles. The molecule has 0 aromatic heterocycles. The number of aliphatic hydroxyl groups is 1. The number of anilines is 1. The number of phenols is 1. The average molecular weight is 341 g/mol. The Morgan fingerprint density at radius 3 is 2.72 bits per heavy atom. The molecule has 0 aliphatic heterocycles. The zero-order valence-corrected chi connectivity index (χ0v) is 14.4. The average Bonchev–Trinajstić information content (AvgIpc) is 2.61. The molecule has 0 bridgehead atoms. The molecular formula is C19H23N3O3. The van der Waals surface area contributed by atoms with Gasteiger partial charge in [0.15, 0.2) is 0 Å². The van der Waals surface area contributed by atoms with E-state index in [1.807, 2.05) is 32.0 Å². The third kappa shape index (κ3) is 5.06. The zero-order valence-electron chi connectivity index (χ0n) is 14.4. The second-order valence-electron chi connectivity index (χ2n) is 5.59. The molecule has 132 valence electrons. The van der Waals surface area contributed by atoms with Crippen LogP contribution >= 0.6 is 0 Å². The lowest BCUT2D eigenvalue weighted by atomic mass is 10.1. The van der Waals surface area contributed by atoms with Crippen LogP contribution in [0.4, 0.5) is 5.69 Å². The van der Waals surface area contributed by atoms with E-state index in [9.17, 15) is 9.90 Å². The van der Waals surface area contributed by atoms with Crippen molar-refractivity contribution in [1.82, 2.24) is 5.43 Å². The standard InChI is InChI=1S/C19H23N3O3/c1-3-22(9-10-23)17-8-7-16(14(2)11-17)13-20-21-19(25)15-5-4-6-18(24)12-15/h4-8,11-13,23-24H,3,9-10H2,1-2H3,(H,21,25)/b20-13-. The molecule has 0 saturated carbocycles. The van der Waals surface area contributed by atoms with Gasteiger partial charge < -0.3 is 15.1 Å². The lowest BCUT2D eigenvalue weighted by molar-refractivity contribution is 0.0954. The number of hydrogen-bond acceptors (Lipinski definition) is 5. The van der Waals surface area contributed by atoms with Crippen LogP contribution in [-0.2, 0) is 0 Å². The maximum atomic E-state index is 12.0.